The molecule has 26 heavy (non-hydrogen) atoms. The van der Waals surface area contributed by atoms with Crippen molar-refractivity contribution in [2.75, 3.05) is 0 Å². The van der Waals surface area contributed by atoms with E-state index in [-0.39, 0.29) is 5.58 Å². The summed E-state index contributed by atoms with van der Waals surface area (Å²) in [5, 5.41) is 0.719. The van der Waals surface area contributed by atoms with Gasteiger partial charge in [0, 0.05) is 23.1 Å². The molecule has 6 rings (SSSR count). The third-order valence-electron chi connectivity index (χ3n) is 4.18. The van der Waals surface area contributed by atoms with E-state index in [2.05, 4.69) is 36.3 Å². The van der Waals surface area contributed by atoms with Crippen molar-refractivity contribution in [2.24, 2.45) is 0 Å². The predicted molar refractivity (Wildman–Crippen MR) is 101 cm³/mol. The summed E-state index contributed by atoms with van der Waals surface area (Å²) in [4.78, 5) is 10.7. The third kappa shape index (κ3) is 3.13. The van der Waals surface area contributed by atoms with Crippen LogP contribution in [0, 0.1) is 18.2 Å². The molecule has 0 spiro atoms. The van der Waals surface area contributed by atoms with Gasteiger partial charge >= 0.3 is 5.63 Å². The summed E-state index contributed by atoms with van der Waals surface area (Å²) >= 11 is 0. The Morgan fingerprint density at radius 1 is 0.846 bits per heavy atom. The maximum absolute atomic E-state index is 12.6. The highest BCUT2D eigenvalue weighted by molar-refractivity contribution is 5.84. The van der Waals surface area contributed by atoms with Crippen molar-refractivity contribution in [2.45, 2.75) is 0 Å². The lowest BCUT2D eigenvalue weighted by atomic mass is 9.87. The Kier molecular flexibility index (Phi) is 3.87. The summed E-state index contributed by atoms with van der Waals surface area (Å²) in [5.41, 5.74) is 6.31. The predicted octanol–water partition coefficient (Wildman–Crippen LogP) is 5.25. The van der Waals surface area contributed by atoms with Crippen LogP contribution in [0.5, 0.6) is 0 Å². The van der Waals surface area contributed by atoms with E-state index in [0.29, 0.717) is 0 Å². The van der Waals surface area contributed by atoms with Gasteiger partial charge in [-0.2, -0.15) is 0 Å². The monoisotopic (exact) mass is 340 g/mol. The Balaban J connectivity index is 0.000000103. The van der Waals surface area contributed by atoms with Crippen LogP contribution in [0.2, 0.25) is 0 Å². The molecule has 0 aliphatic heterocycles. The molecule has 0 saturated heterocycles. The van der Waals surface area contributed by atoms with Crippen molar-refractivity contribution in [3.63, 3.8) is 0 Å². The van der Waals surface area contributed by atoms with Crippen LogP contribution in [-0.2, 0) is 0 Å². The van der Waals surface area contributed by atoms with Gasteiger partial charge in [0.1, 0.15) is 11.4 Å². The molecule has 0 unspecified atom stereocenters. The van der Waals surface area contributed by atoms with Gasteiger partial charge in [-0.25, -0.2) is 9.18 Å². The van der Waals surface area contributed by atoms with Crippen LogP contribution in [0.4, 0.5) is 4.39 Å². The fraction of sp³-hybridized carbons (Fsp3) is 0. The SMILES string of the molecule is C#Cc1cc2ccc1-2.O=c1ccc2ccc(F)cc2o1.c1cc2cc-2c1. The molecule has 4 aliphatic carbocycles. The minimum absolute atomic E-state index is 0.280. The zero-order valence-electron chi connectivity index (χ0n) is 13.7. The van der Waals surface area contributed by atoms with Gasteiger partial charge < -0.3 is 4.42 Å². The van der Waals surface area contributed by atoms with E-state index in [0.717, 1.165) is 10.9 Å². The van der Waals surface area contributed by atoms with Crippen LogP contribution in [0.25, 0.3) is 33.2 Å². The van der Waals surface area contributed by atoms with Gasteiger partial charge in [-0.05, 0) is 52.6 Å². The molecule has 3 heteroatoms. The Labute approximate surface area is 149 Å². The summed E-state index contributed by atoms with van der Waals surface area (Å²) < 4.78 is 17.4. The topological polar surface area (TPSA) is 30.2 Å². The molecule has 0 saturated carbocycles. The number of hydrogen-bond acceptors (Lipinski definition) is 2. The number of hydrogen-bond donors (Lipinski definition) is 0. The molecule has 1 aromatic carbocycles. The molecule has 2 aromatic rings. The van der Waals surface area contributed by atoms with Crippen LogP contribution in [0.3, 0.4) is 0 Å². The second kappa shape index (κ2) is 6.34. The van der Waals surface area contributed by atoms with Gasteiger partial charge in [0.25, 0.3) is 0 Å². The first-order chi connectivity index (χ1) is 12.6. The number of benzene rings is 3. The van der Waals surface area contributed by atoms with Crippen LogP contribution in [0.1, 0.15) is 5.56 Å². The van der Waals surface area contributed by atoms with Crippen molar-refractivity contribution in [3.8, 4) is 34.6 Å². The Hall–Kier alpha value is -3.64. The maximum Gasteiger partial charge on any atom is 0.336 e. The minimum atomic E-state index is -0.465. The third-order valence-corrected chi connectivity index (χ3v) is 4.18. The van der Waals surface area contributed by atoms with Gasteiger partial charge in [0.2, 0.25) is 0 Å². The molecule has 1 heterocycles. The summed E-state index contributed by atoms with van der Waals surface area (Å²) in [6.45, 7) is 0. The minimum Gasteiger partial charge on any atom is -0.423 e. The number of fused-ring (bicyclic) bond motifs is 3. The molecule has 0 radical (unpaired) electrons. The summed E-state index contributed by atoms with van der Waals surface area (Å²) in [6, 6.07) is 21.6. The maximum atomic E-state index is 12.6. The molecule has 0 N–H and O–H groups in total. The molecule has 2 nitrogen and oxygen atoms in total. The molecule has 0 fully saturated rings. The number of rotatable bonds is 0. The van der Waals surface area contributed by atoms with Crippen molar-refractivity contribution in [1.29, 1.82) is 0 Å². The normalized spacial score (nSPS) is 10.6. The van der Waals surface area contributed by atoms with Crippen LogP contribution < -0.4 is 5.63 Å². The average molecular weight is 340 g/mol. The molecule has 0 atom stereocenters. The van der Waals surface area contributed by atoms with Crippen molar-refractivity contribution < 1.29 is 8.81 Å². The summed E-state index contributed by atoms with van der Waals surface area (Å²) in [7, 11) is 0. The van der Waals surface area contributed by atoms with E-state index >= 15 is 0 Å². The summed E-state index contributed by atoms with van der Waals surface area (Å²) in [5.74, 6) is 2.18. The molecular weight excluding hydrogens is 327 g/mol. The smallest absolute Gasteiger partial charge is 0.336 e. The lowest BCUT2D eigenvalue weighted by molar-refractivity contribution is 0.554. The van der Waals surface area contributed by atoms with E-state index in [1.165, 1.54) is 40.5 Å². The highest BCUT2D eigenvalue weighted by atomic mass is 19.1. The van der Waals surface area contributed by atoms with E-state index in [1.807, 2.05) is 12.1 Å². The number of terminal acetylenes is 1. The highest BCUT2D eigenvalue weighted by Gasteiger charge is 2.13. The van der Waals surface area contributed by atoms with Gasteiger partial charge in [-0.1, -0.05) is 36.3 Å². The van der Waals surface area contributed by atoms with Crippen molar-refractivity contribution in [1.82, 2.24) is 0 Å². The van der Waals surface area contributed by atoms with E-state index in [9.17, 15) is 9.18 Å². The first-order valence-electron chi connectivity index (χ1n) is 8.05. The average Bonchev–Trinajstić information content (AvgIpc) is 3.23. The Morgan fingerprint density at radius 2 is 1.62 bits per heavy atom. The fourth-order valence-corrected chi connectivity index (χ4v) is 2.62. The van der Waals surface area contributed by atoms with Crippen LogP contribution in [0.15, 0.2) is 82.0 Å². The molecule has 4 aliphatic rings. The van der Waals surface area contributed by atoms with E-state index < -0.39 is 11.4 Å². The Morgan fingerprint density at radius 3 is 2.08 bits per heavy atom. The summed E-state index contributed by atoms with van der Waals surface area (Å²) in [6.07, 6.45) is 5.13. The molecule has 0 amide bonds. The zero-order valence-corrected chi connectivity index (χ0v) is 13.7. The largest absolute Gasteiger partial charge is 0.423 e. The van der Waals surface area contributed by atoms with Gasteiger partial charge in [-0.3, -0.25) is 0 Å². The highest BCUT2D eigenvalue weighted by Crippen LogP contribution is 2.35. The standard InChI is InChI=1S/C9H5FO2.C8H4.C6H4/c10-7-3-1-6-2-4-9(11)12-8(6)5-7;1-2-6-5-7-3-4-8(6)7;1-2-5-4-6(5)3-1/h1-5H;1,3-5H;1-4H. The van der Waals surface area contributed by atoms with Crippen molar-refractivity contribution in [3.05, 3.63) is 94.6 Å². The van der Waals surface area contributed by atoms with Gasteiger partial charge in [0.05, 0.1) is 0 Å². The molecular formula is C23H13FO2. The van der Waals surface area contributed by atoms with Gasteiger partial charge in [-0.15, -0.1) is 6.42 Å². The lowest BCUT2D eigenvalue weighted by Crippen LogP contribution is -1.94. The van der Waals surface area contributed by atoms with Crippen LogP contribution in [-0.4, -0.2) is 0 Å². The van der Waals surface area contributed by atoms with E-state index in [1.54, 1.807) is 12.1 Å². The molecule has 124 valence electrons. The molecule has 0 bridgehead atoms. The van der Waals surface area contributed by atoms with Crippen LogP contribution >= 0.6 is 0 Å². The lowest BCUT2D eigenvalue weighted by Gasteiger charge is -2.16. The van der Waals surface area contributed by atoms with Gasteiger partial charge in [0.15, 0.2) is 0 Å². The first-order valence-corrected chi connectivity index (χ1v) is 8.05. The zero-order chi connectivity index (χ0) is 18.1. The van der Waals surface area contributed by atoms with E-state index in [4.69, 9.17) is 10.8 Å². The second-order valence-corrected chi connectivity index (χ2v) is 5.92. The molecule has 1 aromatic heterocycles. The number of halogens is 1. The second-order valence-electron chi connectivity index (χ2n) is 5.92. The Bertz CT molecular complexity index is 1210. The quantitative estimate of drug-likeness (QED) is 0.279. The van der Waals surface area contributed by atoms with Crippen molar-refractivity contribution >= 4 is 11.0 Å². The first kappa shape index (κ1) is 15.9. The fourth-order valence-electron chi connectivity index (χ4n) is 2.62.